The number of hydrogen-bond acceptors (Lipinski definition) is 6. The summed E-state index contributed by atoms with van der Waals surface area (Å²) >= 11 is 0. The average molecular weight is 370 g/mol. The maximum absolute atomic E-state index is 13.1. The van der Waals surface area contributed by atoms with Crippen molar-refractivity contribution in [3.63, 3.8) is 0 Å². The van der Waals surface area contributed by atoms with Gasteiger partial charge in [-0.15, -0.1) is 0 Å². The molecule has 0 atom stereocenters. The molecule has 0 N–H and O–H groups in total. The molecule has 0 unspecified atom stereocenters. The first-order valence-corrected chi connectivity index (χ1v) is 9.79. The second-order valence-electron chi connectivity index (χ2n) is 7.09. The van der Waals surface area contributed by atoms with Crippen LogP contribution in [0.5, 0.6) is 0 Å². The van der Waals surface area contributed by atoms with Crippen molar-refractivity contribution in [2.75, 3.05) is 73.6 Å². The number of likely N-dealkylation sites (N-methyl/N-ethyl adjacent to an activating group) is 1. The predicted octanol–water partition coefficient (Wildman–Crippen LogP) is 2.08. The summed E-state index contributed by atoms with van der Waals surface area (Å²) in [5.74, 6) is 1.64. The van der Waals surface area contributed by atoms with E-state index in [0.29, 0.717) is 0 Å². The van der Waals surface area contributed by atoms with Crippen LogP contribution in [0.4, 0.5) is 21.8 Å². The highest BCUT2D eigenvalue weighted by atomic mass is 19.1. The Morgan fingerprint density at radius 3 is 2.11 bits per heavy atom. The molecule has 1 aromatic carbocycles. The van der Waals surface area contributed by atoms with Crippen molar-refractivity contribution in [1.29, 1.82) is 0 Å². The van der Waals surface area contributed by atoms with E-state index in [1.807, 2.05) is 24.4 Å². The third-order valence-corrected chi connectivity index (χ3v) is 5.53. The zero-order valence-corrected chi connectivity index (χ0v) is 15.9. The summed E-state index contributed by atoms with van der Waals surface area (Å²) in [5, 5.41) is 0. The van der Waals surface area contributed by atoms with Crippen molar-refractivity contribution >= 4 is 17.5 Å². The summed E-state index contributed by atoms with van der Waals surface area (Å²) in [6.07, 6.45) is 1.87. The van der Waals surface area contributed by atoms with Crippen molar-refractivity contribution < 1.29 is 4.39 Å². The second-order valence-corrected chi connectivity index (χ2v) is 7.09. The van der Waals surface area contributed by atoms with Gasteiger partial charge < -0.3 is 19.6 Å². The molecule has 0 aliphatic carbocycles. The highest BCUT2D eigenvalue weighted by molar-refractivity contribution is 5.50. The van der Waals surface area contributed by atoms with Crippen LogP contribution in [0.2, 0.25) is 0 Å². The fourth-order valence-electron chi connectivity index (χ4n) is 3.78. The fraction of sp³-hybridized carbons (Fsp3) is 0.500. The number of piperazine rings is 2. The number of anilines is 3. The minimum atomic E-state index is -0.189. The van der Waals surface area contributed by atoms with Crippen LogP contribution in [-0.2, 0) is 0 Å². The molecule has 144 valence electrons. The van der Waals surface area contributed by atoms with Gasteiger partial charge in [-0.3, -0.25) is 0 Å². The van der Waals surface area contributed by atoms with E-state index in [9.17, 15) is 4.39 Å². The highest BCUT2D eigenvalue weighted by Crippen LogP contribution is 2.21. The van der Waals surface area contributed by atoms with E-state index in [-0.39, 0.29) is 5.82 Å². The summed E-state index contributed by atoms with van der Waals surface area (Å²) in [6.45, 7) is 11.0. The van der Waals surface area contributed by atoms with Gasteiger partial charge >= 0.3 is 0 Å². The molecule has 1 aromatic heterocycles. The molecule has 6 nitrogen and oxygen atoms in total. The van der Waals surface area contributed by atoms with Crippen LogP contribution >= 0.6 is 0 Å². The van der Waals surface area contributed by atoms with E-state index in [4.69, 9.17) is 4.98 Å². The largest absolute Gasteiger partial charge is 0.368 e. The summed E-state index contributed by atoms with van der Waals surface area (Å²) in [5.41, 5.74) is 1.08. The molecule has 2 fully saturated rings. The van der Waals surface area contributed by atoms with E-state index in [1.165, 1.54) is 12.1 Å². The van der Waals surface area contributed by atoms with E-state index < -0.39 is 0 Å². The van der Waals surface area contributed by atoms with E-state index in [1.54, 1.807) is 0 Å². The molecule has 4 rings (SSSR count). The summed E-state index contributed by atoms with van der Waals surface area (Å²) in [7, 11) is 0. The summed E-state index contributed by atoms with van der Waals surface area (Å²) < 4.78 is 13.1. The Balaban J connectivity index is 1.38. The summed E-state index contributed by atoms with van der Waals surface area (Å²) in [4.78, 5) is 18.7. The van der Waals surface area contributed by atoms with Gasteiger partial charge in [-0.25, -0.2) is 9.37 Å². The Morgan fingerprint density at radius 1 is 0.815 bits per heavy atom. The lowest BCUT2D eigenvalue weighted by Crippen LogP contribution is -2.48. The lowest BCUT2D eigenvalue weighted by atomic mass is 10.2. The van der Waals surface area contributed by atoms with Gasteiger partial charge in [0.15, 0.2) is 0 Å². The molecular formula is C20H27FN6. The molecule has 0 bridgehead atoms. The Labute approximate surface area is 160 Å². The average Bonchev–Trinajstić information content (AvgIpc) is 2.75. The zero-order valence-electron chi connectivity index (χ0n) is 15.9. The third kappa shape index (κ3) is 4.13. The van der Waals surface area contributed by atoms with E-state index in [2.05, 4.69) is 31.5 Å². The normalized spacial score (nSPS) is 18.8. The minimum absolute atomic E-state index is 0.189. The number of rotatable bonds is 4. The molecule has 3 heterocycles. The van der Waals surface area contributed by atoms with Crippen LogP contribution in [0.3, 0.4) is 0 Å². The number of benzene rings is 1. The third-order valence-electron chi connectivity index (χ3n) is 5.53. The van der Waals surface area contributed by atoms with Gasteiger partial charge in [0.1, 0.15) is 11.6 Å². The number of nitrogens with zero attached hydrogens (tertiary/aromatic N) is 6. The first-order valence-electron chi connectivity index (χ1n) is 9.79. The van der Waals surface area contributed by atoms with Gasteiger partial charge in [0.25, 0.3) is 0 Å². The van der Waals surface area contributed by atoms with Crippen molar-refractivity contribution in [3.8, 4) is 0 Å². The Hall–Kier alpha value is -2.41. The van der Waals surface area contributed by atoms with Crippen LogP contribution in [0.1, 0.15) is 6.92 Å². The molecular weight excluding hydrogens is 343 g/mol. The first-order chi connectivity index (χ1) is 13.2. The lowest BCUT2D eigenvalue weighted by Gasteiger charge is -2.37. The number of aromatic nitrogens is 2. The molecule has 0 amide bonds. The molecule has 27 heavy (non-hydrogen) atoms. The minimum Gasteiger partial charge on any atom is -0.368 e. The van der Waals surface area contributed by atoms with Crippen molar-refractivity contribution in [2.24, 2.45) is 0 Å². The monoisotopic (exact) mass is 370 g/mol. The molecule has 2 aliphatic rings. The SMILES string of the molecule is CCN1CCN(c2nccc(N3CCN(c4ccc(F)cc4)CC3)n2)CC1. The maximum Gasteiger partial charge on any atom is 0.227 e. The van der Waals surface area contributed by atoms with Gasteiger partial charge in [-0.05, 0) is 36.9 Å². The fourth-order valence-corrected chi connectivity index (χ4v) is 3.78. The smallest absolute Gasteiger partial charge is 0.227 e. The highest BCUT2D eigenvalue weighted by Gasteiger charge is 2.21. The Bertz CT molecular complexity index is 736. The van der Waals surface area contributed by atoms with Crippen LogP contribution in [0, 0.1) is 5.82 Å². The molecule has 2 saturated heterocycles. The molecule has 2 aliphatic heterocycles. The van der Waals surface area contributed by atoms with Gasteiger partial charge in [-0.1, -0.05) is 6.92 Å². The molecule has 7 heteroatoms. The van der Waals surface area contributed by atoms with Gasteiger partial charge in [-0.2, -0.15) is 4.98 Å². The number of hydrogen-bond donors (Lipinski definition) is 0. The summed E-state index contributed by atoms with van der Waals surface area (Å²) in [6, 6.07) is 8.75. The van der Waals surface area contributed by atoms with Crippen LogP contribution < -0.4 is 14.7 Å². The van der Waals surface area contributed by atoms with Gasteiger partial charge in [0, 0.05) is 64.2 Å². The topological polar surface area (TPSA) is 38.7 Å². The van der Waals surface area contributed by atoms with Crippen molar-refractivity contribution in [3.05, 3.63) is 42.3 Å². The predicted molar refractivity (Wildman–Crippen MR) is 107 cm³/mol. The van der Waals surface area contributed by atoms with E-state index >= 15 is 0 Å². The Morgan fingerprint density at radius 2 is 1.44 bits per heavy atom. The second kappa shape index (κ2) is 8.08. The molecule has 2 aromatic rings. The van der Waals surface area contributed by atoms with Gasteiger partial charge in [0.2, 0.25) is 5.95 Å². The maximum atomic E-state index is 13.1. The quantitative estimate of drug-likeness (QED) is 0.821. The van der Waals surface area contributed by atoms with Crippen LogP contribution in [0.25, 0.3) is 0 Å². The number of halogens is 1. The molecule has 0 saturated carbocycles. The molecule has 0 radical (unpaired) electrons. The van der Waals surface area contributed by atoms with Crippen molar-refractivity contribution in [1.82, 2.24) is 14.9 Å². The Kier molecular flexibility index (Phi) is 5.38. The van der Waals surface area contributed by atoms with Crippen LogP contribution in [0.15, 0.2) is 36.5 Å². The van der Waals surface area contributed by atoms with Crippen molar-refractivity contribution in [2.45, 2.75) is 6.92 Å². The van der Waals surface area contributed by atoms with Gasteiger partial charge in [0.05, 0.1) is 0 Å². The van der Waals surface area contributed by atoms with Crippen LogP contribution in [-0.4, -0.2) is 73.8 Å². The standard InChI is InChI=1S/C20H27FN6/c1-2-24-9-11-27(12-10-24)20-22-8-7-19(23-20)26-15-13-25(14-16-26)18-5-3-17(21)4-6-18/h3-8H,2,9-16H2,1H3. The zero-order chi connectivity index (χ0) is 18.6. The molecule has 0 spiro atoms. The first kappa shape index (κ1) is 18.0. The van der Waals surface area contributed by atoms with E-state index in [0.717, 1.165) is 76.4 Å². The lowest BCUT2D eigenvalue weighted by molar-refractivity contribution is 0.270.